The highest BCUT2D eigenvalue weighted by Crippen LogP contribution is 2.24. The smallest absolute Gasteiger partial charge is 0.269 e. The molecule has 128 valence electrons. The zero-order valence-corrected chi connectivity index (χ0v) is 13.9. The minimum atomic E-state index is -0.976. The molecule has 8 heteroatoms. The maximum Gasteiger partial charge on any atom is 0.269 e. The van der Waals surface area contributed by atoms with E-state index in [2.05, 4.69) is 20.4 Å². The average molecular weight is 330 g/mol. The van der Waals surface area contributed by atoms with Gasteiger partial charge in [-0.15, -0.1) is 0 Å². The molecule has 2 N–H and O–H groups in total. The van der Waals surface area contributed by atoms with Gasteiger partial charge in [0.2, 0.25) is 0 Å². The van der Waals surface area contributed by atoms with Crippen LogP contribution in [0.15, 0.2) is 30.9 Å². The summed E-state index contributed by atoms with van der Waals surface area (Å²) in [6, 6.07) is 1.78. The summed E-state index contributed by atoms with van der Waals surface area (Å²) < 4.78 is 1.67. The highest BCUT2D eigenvalue weighted by atomic mass is 16.3. The Morgan fingerprint density at radius 2 is 2.25 bits per heavy atom. The number of nitrogens with zero attached hydrogens (tertiary/aromatic N) is 5. The predicted molar refractivity (Wildman–Crippen MR) is 88.8 cm³/mol. The summed E-state index contributed by atoms with van der Waals surface area (Å²) in [5.74, 6) is 0.505. The van der Waals surface area contributed by atoms with Crippen LogP contribution in [-0.4, -0.2) is 56.0 Å². The first-order chi connectivity index (χ1) is 11.5. The molecule has 2 aromatic heterocycles. The van der Waals surface area contributed by atoms with Crippen LogP contribution in [0.5, 0.6) is 0 Å². The summed E-state index contributed by atoms with van der Waals surface area (Å²) in [6.45, 7) is 5.20. The second-order valence-corrected chi connectivity index (χ2v) is 6.40. The first-order valence-corrected chi connectivity index (χ1v) is 8.03. The highest BCUT2D eigenvalue weighted by Gasteiger charge is 2.37. The molecule has 0 aliphatic carbocycles. The van der Waals surface area contributed by atoms with Crippen molar-refractivity contribution in [2.24, 2.45) is 0 Å². The van der Waals surface area contributed by atoms with Crippen molar-refractivity contribution in [3.05, 3.63) is 36.5 Å². The lowest BCUT2D eigenvalue weighted by atomic mass is 10.0. The number of hydrogen-bond acceptors (Lipinski definition) is 6. The van der Waals surface area contributed by atoms with E-state index in [1.54, 1.807) is 35.5 Å². The van der Waals surface area contributed by atoms with E-state index in [1.165, 1.54) is 0 Å². The quantitative estimate of drug-likeness (QED) is 0.834. The summed E-state index contributed by atoms with van der Waals surface area (Å²) in [5.41, 5.74) is -0.479. The Balaban J connectivity index is 1.60. The fraction of sp³-hybridized carbons (Fsp3) is 0.500. The number of carbonyl (C=O) groups excluding carboxylic acids is 1. The number of aromatic nitrogens is 4. The molecule has 0 spiro atoms. The van der Waals surface area contributed by atoms with Crippen molar-refractivity contribution in [3.8, 4) is 0 Å². The topological polar surface area (TPSA) is 96.2 Å². The molecule has 1 saturated heterocycles. The molecule has 1 aliphatic heterocycles. The van der Waals surface area contributed by atoms with E-state index in [-0.39, 0.29) is 18.5 Å². The van der Waals surface area contributed by atoms with Gasteiger partial charge < -0.3 is 15.3 Å². The lowest BCUT2D eigenvalue weighted by Gasteiger charge is -2.24. The van der Waals surface area contributed by atoms with E-state index in [1.807, 2.05) is 18.7 Å². The van der Waals surface area contributed by atoms with Crippen molar-refractivity contribution in [1.29, 1.82) is 0 Å². The molecule has 1 aliphatic rings. The standard InChI is InChI=1S/C16H22N6O2/c1-12(2)22-13(3-5-20-22)15(23)19-10-16(24)4-8-21(11-16)14-9-17-6-7-18-14/h3,5-7,9,12,24H,4,8,10-11H2,1-2H3,(H,19,23). The third kappa shape index (κ3) is 3.38. The number of anilines is 1. The fourth-order valence-electron chi connectivity index (χ4n) is 2.89. The van der Waals surface area contributed by atoms with Crippen molar-refractivity contribution in [2.75, 3.05) is 24.5 Å². The van der Waals surface area contributed by atoms with Crippen LogP contribution >= 0.6 is 0 Å². The second-order valence-electron chi connectivity index (χ2n) is 6.40. The van der Waals surface area contributed by atoms with Gasteiger partial charge in [0.25, 0.3) is 5.91 Å². The molecule has 0 aromatic carbocycles. The van der Waals surface area contributed by atoms with E-state index in [4.69, 9.17) is 0 Å². The monoisotopic (exact) mass is 330 g/mol. The maximum absolute atomic E-state index is 12.4. The molecule has 3 heterocycles. The van der Waals surface area contributed by atoms with E-state index in [0.29, 0.717) is 25.2 Å². The number of aliphatic hydroxyl groups is 1. The molecule has 0 saturated carbocycles. The zero-order valence-electron chi connectivity index (χ0n) is 13.9. The molecular weight excluding hydrogens is 308 g/mol. The molecule has 8 nitrogen and oxygen atoms in total. The predicted octanol–water partition coefficient (Wildman–Crippen LogP) is 0.625. The van der Waals surface area contributed by atoms with Crippen molar-refractivity contribution < 1.29 is 9.90 Å². The minimum absolute atomic E-state index is 0.0995. The highest BCUT2D eigenvalue weighted by molar-refractivity contribution is 5.92. The van der Waals surface area contributed by atoms with Gasteiger partial charge in [0, 0.05) is 44.3 Å². The van der Waals surface area contributed by atoms with Gasteiger partial charge in [-0.05, 0) is 26.3 Å². The Kier molecular flexibility index (Phi) is 4.48. The van der Waals surface area contributed by atoms with Crippen molar-refractivity contribution in [1.82, 2.24) is 25.1 Å². The van der Waals surface area contributed by atoms with Gasteiger partial charge in [-0.3, -0.25) is 14.5 Å². The SMILES string of the molecule is CC(C)n1nccc1C(=O)NCC1(O)CCN(c2cnccn2)C1. The summed E-state index contributed by atoms with van der Waals surface area (Å²) >= 11 is 0. The molecule has 24 heavy (non-hydrogen) atoms. The van der Waals surface area contributed by atoms with Crippen LogP contribution in [0.2, 0.25) is 0 Å². The van der Waals surface area contributed by atoms with Gasteiger partial charge in [-0.1, -0.05) is 0 Å². The van der Waals surface area contributed by atoms with E-state index in [9.17, 15) is 9.90 Å². The molecule has 1 atom stereocenters. The molecule has 1 unspecified atom stereocenters. The van der Waals surface area contributed by atoms with Crippen LogP contribution in [0.3, 0.4) is 0 Å². The van der Waals surface area contributed by atoms with E-state index < -0.39 is 5.60 Å². The molecule has 0 bridgehead atoms. The second kappa shape index (κ2) is 6.56. The number of rotatable bonds is 5. The Morgan fingerprint density at radius 3 is 2.96 bits per heavy atom. The molecule has 1 fully saturated rings. The number of carbonyl (C=O) groups is 1. The summed E-state index contributed by atoms with van der Waals surface area (Å²) in [7, 11) is 0. The molecule has 2 aromatic rings. The van der Waals surface area contributed by atoms with Gasteiger partial charge >= 0.3 is 0 Å². The average Bonchev–Trinajstić information content (AvgIpc) is 3.21. The van der Waals surface area contributed by atoms with Crippen LogP contribution in [0.25, 0.3) is 0 Å². The number of β-amino-alcohol motifs (C(OH)–C–C–N with tert-alkyl or cyclic N) is 1. The first kappa shape index (κ1) is 16.4. The number of amides is 1. The van der Waals surface area contributed by atoms with E-state index >= 15 is 0 Å². The van der Waals surface area contributed by atoms with Crippen LogP contribution in [-0.2, 0) is 0 Å². The normalized spacial score (nSPS) is 20.6. The Hall–Kier alpha value is -2.48. The number of nitrogens with one attached hydrogen (secondary N) is 1. The van der Waals surface area contributed by atoms with Crippen molar-refractivity contribution in [3.63, 3.8) is 0 Å². The Morgan fingerprint density at radius 1 is 1.42 bits per heavy atom. The van der Waals surface area contributed by atoms with Gasteiger partial charge in [-0.2, -0.15) is 5.10 Å². The summed E-state index contributed by atoms with van der Waals surface area (Å²) in [5, 5.41) is 17.7. The first-order valence-electron chi connectivity index (χ1n) is 8.03. The third-order valence-corrected chi connectivity index (χ3v) is 4.18. The van der Waals surface area contributed by atoms with E-state index in [0.717, 1.165) is 5.82 Å². The lowest BCUT2D eigenvalue weighted by Crippen LogP contribution is -2.45. The Bertz CT molecular complexity index is 702. The fourth-order valence-corrected chi connectivity index (χ4v) is 2.89. The number of hydrogen-bond donors (Lipinski definition) is 2. The van der Waals surface area contributed by atoms with Crippen molar-refractivity contribution in [2.45, 2.75) is 31.9 Å². The van der Waals surface area contributed by atoms with Crippen molar-refractivity contribution >= 4 is 11.7 Å². The van der Waals surface area contributed by atoms with Gasteiger partial charge in [0.05, 0.1) is 6.20 Å². The largest absolute Gasteiger partial charge is 0.386 e. The zero-order chi connectivity index (χ0) is 17.2. The molecule has 1 amide bonds. The van der Waals surface area contributed by atoms with Crippen LogP contribution in [0.1, 0.15) is 36.8 Å². The third-order valence-electron chi connectivity index (χ3n) is 4.18. The molecule has 3 rings (SSSR count). The minimum Gasteiger partial charge on any atom is -0.386 e. The summed E-state index contributed by atoms with van der Waals surface area (Å²) in [4.78, 5) is 22.6. The molecular formula is C16H22N6O2. The Labute approximate surface area is 140 Å². The van der Waals surface area contributed by atoms with Crippen LogP contribution in [0, 0.1) is 0 Å². The van der Waals surface area contributed by atoms with Crippen LogP contribution < -0.4 is 10.2 Å². The van der Waals surface area contributed by atoms with Gasteiger partial charge in [0.1, 0.15) is 17.1 Å². The van der Waals surface area contributed by atoms with Gasteiger partial charge in [0.15, 0.2) is 0 Å². The maximum atomic E-state index is 12.4. The van der Waals surface area contributed by atoms with Gasteiger partial charge in [-0.25, -0.2) is 4.98 Å². The van der Waals surface area contributed by atoms with Crippen LogP contribution in [0.4, 0.5) is 5.82 Å². The molecule has 0 radical (unpaired) electrons. The summed E-state index contributed by atoms with van der Waals surface area (Å²) in [6.07, 6.45) is 7.08. The lowest BCUT2D eigenvalue weighted by molar-refractivity contribution is 0.0571.